The minimum Gasteiger partial charge on any atom is -0.359 e. The lowest BCUT2D eigenvalue weighted by Gasteiger charge is -2.23. The second-order valence-corrected chi connectivity index (χ2v) is 6.88. The van der Waals surface area contributed by atoms with Gasteiger partial charge < -0.3 is 5.32 Å². The van der Waals surface area contributed by atoms with Crippen LogP contribution in [-0.2, 0) is 6.54 Å². The summed E-state index contributed by atoms with van der Waals surface area (Å²) >= 11 is 1.63. The normalized spacial score (nSPS) is 16.9. The van der Waals surface area contributed by atoms with E-state index in [1.165, 1.54) is 0 Å². The number of rotatable bonds is 3. The predicted molar refractivity (Wildman–Crippen MR) is 94.5 cm³/mol. The molecule has 0 radical (unpaired) electrons. The molecule has 8 nitrogen and oxygen atoms in total. The van der Waals surface area contributed by atoms with E-state index in [2.05, 4.69) is 25.6 Å². The second kappa shape index (κ2) is 5.62. The third kappa shape index (κ3) is 2.47. The molecule has 0 saturated carbocycles. The van der Waals surface area contributed by atoms with Gasteiger partial charge in [-0.1, -0.05) is 0 Å². The number of aryl methyl sites for hydroxylation is 2. The smallest absolute Gasteiger partial charge is 0.186 e. The van der Waals surface area contributed by atoms with Crippen LogP contribution in [0.4, 0.5) is 5.82 Å². The van der Waals surface area contributed by atoms with Crippen LogP contribution in [0.15, 0.2) is 29.0 Å². The van der Waals surface area contributed by atoms with Gasteiger partial charge in [0, 0.05) is 17.5 Å². The van der Waals surface area contributed by atoms with E-state index < -0.39 is 0 Å². The molecule has 5 rings (SSSR count). The summed E-state index contributed by atoms with van der Waals surface area (Å²) in [5.74, 6) is 3.32. The Hall–Kier alpha value is -2.81. The molecule has 1 aliphatic heterocycles. The Morgan fingerprint density at radius 1 is 1.20 bits per heavy atom. The van der Waals surface area contributed by atoms with Crippen LogP contribution < -0.4 is 5.32 Å². The van der Waals surface area contributed by atoms with Gasteiger partial charge in [0.25, 0.3) is 0 Å². The lowest BCUT2D eigenvalue weighted by molar-refractivity contribution is 0.436. The highest BCUT2D eigenvalue weighted by Gasteiger charge is 2.24. The van der Waals surface area contributed by atoms with Crippen molar-refractivity contribution in [2.45, 2.75) is 32.4 Å². The van der Waals surface area contributed by atoms with Gasteiger partial charge in [0.05, 0.1) is 6.04 Å². The molecular formula is C16H16N8S. The van der Waals surface area contributed by atoms with Crippen molar-refractivity contribution in [3.05, 3.63) is 40.6 Å². The predicted octanol–water partition coefficient (Wildman–Crippen LogP) is 2.70. The molecule has 1 N–H and O–H groups in total. The zero-order valence-corrected chi connectivity index (χ0v) is 14.4. The second-order valence-electron chi connectivity index (χ2n) is 6.10. The zero-order chi connectivity index (χ0) is 16.8. The van der Waals surface area contributed by atoms with Crippen LogP contribution in [0.3, 0.4) is 0 Å². The minimum absolute atomic E-state index is 0.112. The maximum absolute atomic E-state index is 4.69. The van der Waals surface area contributed by atoms with E-state index in [4.69, 9.17) is 5.10 Å². The van der Waals surface area contributed by atoms with Gasteiger partial charge in [-0.15, -0.1) is 15.3 Å². The van der Waals surface area contributed by atoms with Gasteiger partial charge in [-0.05, 0) is 43.3 Å². The van der Waals surface area contributed by atoms with E-state index in [0.717, 1.165) is 53.9 Å². The van der Waals surface area contributed by atoms with Crippen molar-refractivity contribution >= 4 is 22.8 Å². The molecule has 0 amide bonds. The van der Waals surface area contributed by atoms with Gasteiger partial charge in [0.2, 0.25) is 0 Å². The number of aromatic nitrogens is 7. The molecule has 0 bridgehead atoms. The maximum atomic E-state index is 4.69. The Bertz CT molecular complexity index is 1030. The topological polar surface area (TPSA) is 85.8 Å². The average molecular weight is 352 g/mol. The first kappa shape index (κ1) is 14.5. The number of thiophene rings is 1. The van der Waals surface area contributed by atoms with Crippen LogP contribution >= 0.6 is 11.3 Å². The molecule has 9 heteroatoms. The van der Waals surface area contributed by atoms with Crippen molar-refractivity contribution in [3.8, 4) is 11.4 Å². The molecule has 0 saturated heterocycles. The fourth-order valence-electron chi connectivity index (χ4n) is 3.22. The Labute approximate surface area is 147 Å². The molecule has 1 atom stereocenters. The van der Waals surface area contributed by atoms with Crippen LogP contribution in [0.5, 0.6) is 0 Å². The Balaban J connectivity index is 1.51. The standard InChI is InChI=1S/C16H16N8S/c1-10-17-16-12(3-2-7-23(16)21-10)18-13-4-5-14-19-20-15(24(14)22-13)11-6-8-25-9-11/h4-6,8-9,12H,2-3,7H2,1H3,(H,18,22). The van der Waals surface area contributed by atoms with Crippen molar-refractivity contribution in [2.75, 3.05) is 5.32 Å². The minimum atomic E-state index is 0.112. The highest BCUT2D eigenvalue weighted by atomic mass is 32.1. The first-order chi connectivity index (χ1) is 12.3. The number of hydrogen-bond acceptors (Lipinski definition) is 7. The fraction of sp³-hybridized carbons (Fsp3) is 0.312. The van der Waals surface area contributed by atoms with Crippen LogP contribution in [0, 0.1) is 6.92 Å². The summed E-state index contributed by atoms with van der Waals surface area (Å²) in [6, 6.07) is 6.00. The lowest BCUT2D eigenvalue weighted by Crippen LogP contribution is -2.23. The Morgan fingerprint density at radius 3 is 3.04 bits per heavy atom. The molecule has 1 unspecified atom stereocenters. The van der Waals surface area contributed by atoms with Crippen molar-refractivity contribution in [3.63, 3.8) is 0 Å². The average Bonchev–Trinajstić information content (AvgIpc) is 3.32. The number of anilines is 1. The Kier molecular flexibility index (Phi) is 3.27. The van der Waals surface area contributed by atoms with Crippen molar-refractivity contribution < 1.29 is 0 Å². The van der Waals surface area contributed by atoms with Gasteiger partial charge in [-0.3, -0.25) is 0 Å². The Morgan fingerprint density at radius 2 is 2.16 bits per heavy atom. The van der Waals surface area contributed by atoms with Gasteiger partial charge in [0.15, 0.2) is 11.5 Å². The van der Waals surface area contributed by atoms with E-state index in [0.29, 0.717) is 0 Å². The first-order valence-electron chi connectivity index (χ1n) is 8.21. The molecular weight excluding hydrogens is 336 g/mol. The van der Waals surface area contributed by atoms with Gasteiger partial charge in [0.1, 0.15) is 17.5 Å². The molecule has 4 aromatic heterocycles. The summed E-state index contributed by atoms with van der Waals surface area (Å²) < 4.78 is 3.77. The van der Waals surface area contributed by atoms with Gasteiger partial charge >= 0.3 is 0 Å². The number of nitrogens with one attached hydrogen (secondary N) is 1. The monoisotopic (exact) mass is 352 g/mol. The highest BCUT2D eigenvalue weighted by Crippen LogP contribution is 2.27. The molecule has 0 aliphatic carbocycles. The fourth-order valence-corrected chi connectivity index (χ4v) is 3.86. The molecule has 0 spiro atoms. The van der Waals surface area contributed by atoms with E-state index >= 15 is 0 Å². The molecule has 0 aromatic carbocycles. The van der Waals surface area contributed by atoms with Crippen molar-refractivity contribution in [1.82, 2.24) is 34.6 Å². The van der Waals surface area contributed by atoms with Gasteiger partial charge in [-0.2, -0.15) is 21.0 Å². The van der Waals surface area contributed by atoms with Crippen LogP contribution in [0.25, 0.3) is 17.0 Å². The molecule has 25 heavy (non-hydrogen) atoms. The zero-order valence-electron chi connectivity index (χ0n) is 13.6. The maximum Gasteiger partial charge on any atom is 0.186 e. The molecule has 1 aliphatic rings. The molecule has 0 fully saturated rings. The first-order valence-corrected chi connectivity index (χ1v) is 9.15. The van der Waals surface area contributed by atoms with Crippen LogP contribution in [0.2, 0.25) is 0 Å². The van der Waals surface area contributed by atoms with Crippen molar-refractivity contribution in [1.29, 1.82) is 0 Å². The third-order valence-corrected chi connectivity index (χ3v) is 5.03. The molecule has 126 valence electrons. The van der Waals surface area contributed by atoms with E-state index in [1.54, 1.807) is 15.9 Å². The number of hydrogen-bond donors (Lipinski definition) is 1. The van der Waals surface area contributed by atoms with E-state index in [-0.39, 0.29) is 6.04 Å². The highest BCUT2D eigenvalue weighted by molar-refractivity contribution is 7.08. The van der Waals surface area contributed by atoms with E-state index in [1.807, 2.05) is 40.6 Å². The summed E-state index contributed by atoms with van der Waals surface area (Å²) in [4.78, 5) is 4.57. The quantitative estimate of drug-likeness (QED) is 0.610. The van der Waals surface area contributed by atoms with Crippen LogP contribution in [-0.4, -0.2) is 34.6 Å². The summed E-state index contributed by atoms with van der Waals surface area (Å²) in [5, 5.41) is 25.2. The molecule has 4 aromatic rings. The van der Waals surface area contributed by atoms with Gasteiger partial charge in [-0.25, -0.2) is 9.67 Å². The lowest BCUT2D eigenvalue weighted by atomic mass is 10.1. The summed E-state index contributed by atoms with van der Waals surface area (Å²) in [5.41, 5.74) is 1.75. The SMILES string of the molecule is Cc1nc2n(n1)CCCC2Nc1ccc2nnc(-c3ccsc3)n2n1. The largest absolute Gasteiger partial charge is 0.359 e. The van der Waals surface area contributed by atoms with Crippen molar-refractivity contribution in [2.24, 2.45) is 0 Å². The summed E-state index contributed by atoms with van der Waals surface area (Å²) in [7, 11) is 0. The third-order valence-electron chi connectivity index (χ3n) is 4.34. The summed E-state index contributed by atoms with van der Waals surface area (Å²) in [6.07, 6.45) is 2.08. The summed E-state index contributed by atoms with van der Waals surface area (Å²) in [6.45, 7) is 2.85. The number of fused-ring (bicyclic) bond motifs is 2. The number of nitrogens with zero attached hydrogens (tertiary/aromatic N) is 7. The molecule has 5 heterocycles. The van der Waals surface area contributed by atoms with Crippen LogP contribution in [0.1, 0.15) is 30.5 Å². The van der Waals surface area contributed by atoms with E-state index in [9.17, 15) is 0 Å².